The average Bonchev–Trinajstić information content (AvgIpc) is 2.60. The normalized spacial score (nSPS) is 10.3. The van der Waals surface area contributed by atoms with Crippen LogP contribution in [0.1, 0.15) is 23.6 Å². The first-order valence-electron chi connectivity index (χ1n) is 8.24. The Kier molecular flexibility index (Phi) is 6.67. The first-order valence-corrected chi connectivity index (χ1v) is 8.24. The minimum absolute atomic E-state index is 0.0242. The first-order chi connectivity index (χ1) is 11.6. The molecule has 0 heterocycles. The van der Waals surface area contributed by atoms with Gasteiger partial charge in [0.2, 0.25) is 0 Å². The Labute approximate surface area is 143 Å². The predicted octanol–water partition coefficient (Wildman–Crippen LogP) is 3.30. The number of benzene rings is 2. The number of methoxy groups -OCH3 is 1. The Hall–Kier alpha value is -2.49. The standard InChI is InChI=1S/C20H25NO3/c1-4-16-6-8-18(9-7-16)24-14-20(22)21-12-11-17-13-15(2)5-10-19(17)23-3/h5-10,13H,4,11-12,14H2,1-3H3,(H,21,22). The third kappa shape index (κ3) is 5.30. The van der Waals surface area contributed by atoms with Crippen LogP contribution in [0.2, 0.25) is 0 Å². The number of ether oxygens (including phenoxy) is 2. The molecule has 0 aliphatic carbocycles. The van der Waals surface area contributed by atoms with Crippen LogP contribution in [0.15, 0.2) is 42.5 Å². The second-order valence-corrected chi connectivity index (χ2v) is 5.70. The lowest BCUT2D eigenvalue weighted by Gasteiger charge is -2.11. The highest BCUT2D eigenvalue weighted by Gasteiger charge is 2.06. The summed E-state index contributed by atoms with van der Waals surface area (Å²) in [5, 5.41) is 2.88. The zero-order chi connectivity index (χ0) is 17.4. The lowest BCUT2D eigenvalue weighted by atomic mass is 10.1. The number of carbonyl (C=O) groups is 1. The van der Waals surface area contributed by atoms with Crippen LogP contribution in [0.4, 0.5) is 0 Å². The number of amides is 1. The number of rotatable bonds is 8. The molecule has 0 aromatic heterocycles. The van der Waals surface area contributed by atoms with Crippen molar-refractivity contribution >= 4 is 5.91 Å². The number of carbonyl (C=O) groups excluding carboxylic acids is 1. The van der Waals surface area contributed by atoms with Crippen LogP contribution in [0.25, 0.3) is 0 Å². The van der Waals surface area contributed by atoms with Gasteiger partial charge < -0.3 is 14.8 Å². The Morgan fingerprint density at radius 2 is 1.88 bits per heavy atom. The number of aryl methyl sites for hydroxylation is 2. The van der Waals surface area contributed by atoms with E-state index < -0.39 is 0 Å². The molecular weight excluding hydrogens is 302 g/mol. The lowest BCUT2D eigenvalue weighted by Crippen LogP contribution is -2.30. The smallest absolute Gasteiger partial charge is 0.257 e. The molecule has 4 heteroatoms. The van der Waals surface area contributed by atoms with Gasteiger partial charge in [0.25, 0.3) is 5.91 Å². The van der Waals surface area contributed by atoms with Gasteiger partial charge in [-0.1, -0.05) is 36.8 Å². The molecule has 0 aliphatic rings. The zero-order valence-electron chi connectivity index (χ0n) is 14.6. The summed E-state index contributed by atoms with van der Waals surface area (Å²) in [5.41, 5.74) is 3.52. The lowest BCUT2D eigenvalue weighted by molar-refractivity contribution is -0.123. The maximum absolute atomic E-state index is 11.9. The molecule has 0 spiro atoms. The number of nitrogens with one attached hydrogen (secondary N) is 1. The molecule has 2 aromatic rings. The van der Waals surface area contributed by atoms with Gasteiger partial charge in [-0.25, -0.2) is 0 Å². The van der Waals surface area contributed by atoms with Crippen molar-refractivity contribution in [3.05, 3.63) is 59.2 Å². The van der Waals surface area contributed by atoms with E-state index in [-0.39, 0.29) is 12.5 Å². The van der Waals surface area contributed by atoms with Gasteiger partial charge in [-0.15, -0.1) is 0 Å². The molecule has 1 amide bonds. The summed E-state index contributed by atoms with van der Waals surface area (Å²) < 4.78 is 10.8. The van der Waals surface area contributed by atoms with Crippen molar-refractivity contribution < 1.29 is 14.3 Å². The van der Waals surface area contributed by atoms with Gasteiger partial charge in [0.15, 0.2) is 6.61 Å². The van der Waals surface area contributed by atoms with Crippen molar-refractivity contribution in [2.75, 3.05) is 20.3 Å². The molecule has 0 bridgehead atoms. The molecule has 0 fully saturated rings. The molecule has 24 heavy (non-hydrogen) atoms. The summed E-state index contributed by atoms with van der Waals surface area (Å²) in [6.45, 7) is 4.72. The van der Waals surface area contributed by atoms with E-state index in [2.05, 4.69) is 18.3 Å². The second kappa shape index (κ2) is 8.96. The summed E-state index contributed by atoms with van der Waals surface area (Å²) >= 11 is 0. The van der Waals surface area contributed by atoms with Crippen molar-refractivity contribution in [2.45, 2.75) is 26.7 Å². The van der Waals surface area contributed by atoms with Crippen LogP contribution in [-0.2, 0) is 17.6 Å². The fourth-order valence-electron chi connectivity index (χ4n) is 2.46. The summed E-state index contributed by atoms with van der Waals surface area (Å²) in [6.07, 6.45) is 1.71. The van der Waals surface area contributed by atoms with E-state index in [0.29, 0.717) is 12.3 Å². The zero-order valence-corrected chi connectivity index (χ0v) is 14.6. The van der Waals surface area contributed by atoms with Crippen molar-refractivity contribution in [3.8, 4) is 11.5 Å². The van der Waals surface area contributed by atoms with Gasteiger partial charge in [0, 0.05) is 6.54 Å². The summed E-state index contributed by atoms with van der Waals surface area (Å²) in [6, 6.07) is 13.9. The van der Waals surface area contributed by atoms with Crippen LogP contribution in [0.5, 0.6) is 11.5 Å². The third-order valence-corrected chi connectivity index (χ3v) is 3.85. The predicted molar refractivity (Wildman–Crippen MR) is 95.8 cm³/mol. The molecular formula is C20H25NO3. The van der Waals surface area contributed by atoms with Crippen LogP contribution in [0.3, 0.4) is 0 Å². The van der Waals surface area contributed by atoms with E-state index in [1.54, 1.807) is 7.11 Å². The monoisotopic (exact) mass is 327 g/mol. The van der Waals surface area contributed by atoms with Gasteiger partial charge in [-0.3, -0.25) is 4.79 Å². The maximum Gasteiger partial charge on any atom is 0.257 e. The largest absolute Gasteiger partial charge is 0.496 e. The highest BCUT2D eigenvalue weighted by atomic mass is 16.5. The summed E-state index contributed by atoms with van der Waals surface area (Å²) in [7, 11) is 1.66. The van der Waals surface area contributed by atoms with E-state index in [4.69, 9.17) is 9.47 Å². The molecule has 0 saturated carbocycles. The molecule has 2 aromatic carbocycles. The third-order valence-electron chi connectivity index (χ3n) is 3.85. The summed E-state index contributed by atoms with van der Waals surface area (Å²) in [4.78, 5) is 11.9. The van der Waals surface area contributed by atoms with Gasteiger partial charge in [-0.2, -0.15) is 0 Å². The quantitative estimate of drug-likeness (QED) is 0.809. The fourth-order valence-corrected chi connectivity index (χ4v) is 2.46. The van der Waals surface area contributed by atoms with Gasteiger partial charge in [0.1, 0.15) is 11.5 Å². The van der Waals surface area contributed by atoms with Crippen LogP contribution in [0, 0.1) is 6.92 Å². The van der Waals surface area contributed by atoms with E-state index in [1.165, 1.54) is 11.1 Å². The second-order valence-electron chi connectivity index (χ2n) is 5.70. The van der Waals surface area contributed by atoms with E-state index >= 15 is 0 Å². The topological polar surface area (TPSA) is 47.6 Å². The molecule has 0 saturated heterocycles. The Balaban J connectivity index is 1.76. The van der Waals surface area contributed by atoms with E-state index in [1.807, 2.05) is 43.3 Å². The van der Waals surface area contributed by atoms with E-state index in [9.17, 15) is 4.79 Å². The van der Waals surface area contributed by atoms with Crippen LogP contribution < -0.4 is 14.8 Å². The summed E-state index contributed by atoms with van der Waals surface area (Å²) in [5.74, 6) is 1.44. The molecule has 0 radical (unpaired) electrons. The average molecular weight is 327 g/mol. The van der Waals surface area contributed by atoms with Crippen molar-refractivity contribution in [3.63, 3.8) is 0 Å². The molecule has 128 valence electrons. The van der Waals surface area contributed by atoms with E-state index in [0.717, 1.165) is 24.2 Å². The molecule has 0 atom stereocenters. The number of hydrogen-bond donors (Lipinski definition) is 1. The highest BCUT2D eigenvalue weighted by molar-refractivity contribution is 5.77. The van der Waals surface area contributed by atoms with Crippen molar-refractivity contribution in [1.82, 2.24) is 5.32 Å². The molecule has 2 rings (SSSR count). The SMILES string of the molecule is CCc1ccc(OCC(=O)NCCc2cc(C)ccc2OC)cc1. The van der Waals surface area contributed by atoms with Gasteiger partial charge >= 0.3 is 0 Å². The van der Waals surface area contributed by atoms with Gasteiger partial charge in [-0.05, 0) is 49.1 Å². The fraction of sp³-hybridized carbons (Fsp3) is 0.350. The highest BCUT2D eigenvalue weighted by Crippen LogP contribution is 2.19. The maximum atomic E-state index is 11.9. The minimum Gasteiger partial charge on any atom is -0.496 e. The van der Waals surface area contributed by atoms with Crippen LogP contribution >= 0.6 is 0 Å². The van der Waals surface area contributed by atoms with Crippen molar-refractivity contribution in [2.24, 2.45) is 0 Å². The molecule has 0 unspecified atom stereocenters. The Bertz CT molecular complexity index is 665. The van der Waals surface area contributed by atoms with Gasteiger partial charge in [0.05, 0.1) is 7.11 Å². The van der Waals surface area contributed by atoms with Crippen LogP contribution in [-0.4, -0.2) is 26.2 Å². The first kappa shape index (κ1) is 17.9. The Morgan fingerprint density at radius 3 is 2.54 bits per heavy atom. The molecule has 1 N–H and O–H groups in total. The molecule has 0 aliphatic heterocycles. The minimum atomic E-state index is -0.124. The molecule has 4 nitrogen and oxygen atoms in total. The Morgan fingerprint density at radius 1 is 1.12 bits per heavy atom. The number of hydrogen-bond acceptors (Lipinski definition) is 3. The van der Waals surface area contributed by atoms with Crippen molar-refractivity contribution in [1.29, 1.82) is 0 Å².